The number of carbonyl (C=O) groups is 1. The van der Waals surface area contributed by atoms with Gasteiger partial charge in [-0.1, -0.05) is 20.3 Å². The van der Waals surface area contributed by atoms with Crippen molar-refractivity contribution in [2.45, 2.75) is 52.5 Å². The number of esters is 1. The molecule has 2 unspecified atom stereocenters. The highest BCUT2D eigenvalue weighted by Crippen LogP contribution is 2.43. The van der Waals surface area contributed by atoms with Crippen LogP contribution in [-0.2, 0) is 9.53 Å². The minimum absolute atomic E-state index is 0.0704. The summed E-state index contributed by atoms with van der Waals surface area (Å²) >= 11 is 0. The quantitative estimate of drug-likeness (QED) is 0.708. The maximum absolute atomic E-state index is 11.4. The average molecular weight is 227 g/mol. The van der Waals surface area contributed by atoms with Crippen LogP contribution in [0.3, 0.4) is 0 Å². The van der Waals surface area contributed by atoms with Crippen LogP contribution in [0.4, 0.5) is 0 Å². The van der Waals surface area contributed by atoms with Gasteiger partial charge >= 0.3 is 5.97 Å². The first-order chi connectivity index (χ1) is 7.54. The van der Waals surface area contributed by atoms with Gasteiger partial charge in [0, 0.05) is 12.6 Å². The Labute approximate surface area is 98.9 Å². The van der Waals surface area contributed by atoms with E-state index in [2.05, 4.69) is 19.2 Å². The van der Waals surface area contributed by atoms with Gasteiger partial charge in [-0.15, -0.1) is 0 Å². The lowest BCUT2D eigenvalue weighted by Gasteiger charge is -2.42. The van der Waals surface area contributed by atoms with Crippen molar-refractivity contribution in [3.8, 4) is 0 Å². The topological polar surface area (TPSA) is 38.3 Å². The first-order valence-electron chi connectivity index (χ1n) is 6.36. The second kappa shape index (κ2) is 5.67. The minimum Gasteiger partial charge on any atom is -0.469 e. The summed E-state index contributed by atoms with van der Waals surface area (Å²) in [4.78, 5) is 11.4. The summed E-state index contributed by atoms with van der Waals surface area (Å²) in [6.07, 6.45) is 5.25. The zero-order valence-corrected chi connectivity index (χ0v) is 11.0. The molecule has 1 aliphatic carbocycles. The van der Waals surface area contributed by atoms with Crippen molar-refractivity contribution in [2.75, 3.05) is 13.7 Å². The van der Waals surface area contributed by atoms with Crippen LogP contribution in [0, 0.1) is 11.3 Å². The molecule has 16 heavy (non-hydrogen) atoms. The number of hydrogen-bond donors (Lipinski definition) is 1. The Bertz CT molecular complexity index is 231. The molecule has 0 aromatic rings. The Hall–Kier alpha value is -0.570. The molecule has 0 bridgehead atoms. The van der Waals surface area contributed by atoms with Crippen LogP contribution in [0.1, 0.15) is 46.5 Å². The second-order valence-electron chi connectivity index (χ2n) is 5.19. The Morgan fingerprint density at radius 1 is 1.44 bits per heavy atom. The van der Waals surface area contributed by atoms with Crippen LogP contribution in [0.5, 0.6) is 0 Å². The van der Waals surface area contributed by atoms with Gasteiger partial charge < -0.3 is 10.1 Å². The molecule has 0 heterocycles. The smallest absolute Gasteiger partial charge is 0.309 e. The molecule has 3 heteroatoms. The normalized spacial score (nSPS) is 22.0. The lowest BCUT2D eigenvalue weighted by molar-refractivity contribution is -0.145. The summed E-state index contributed by atoms with van der Waals surface area (Å²) in [6.45, 7) is 7.27. The Kier molecular flexibility index (Phi) is 4.78. The van der Waals surface area contributed by atoms with Crippen molar-refractivity contribution in [2.24, 2.45) is 11.3 Å². The van der Waals surface area contributed by atoms with Crippen molar-refractivity contribution < 1.29 is 9.53 Å². The molecule has 94 valence electrons. The first kappa shape index (κ1) is 13.5. The molecule has 0 aliphatic heterocycles. The molecule has 1 rings (SSSR count). The van der Waals surface area contributed by atoms with Gasteiger partial charge in [0.15, 0.2) is 0 Å². The molecule has 0 radical (unpaired) electrons. The molecule has 2 atom stereocenters. The van der Waals surface area contributed by atoms with Gasteiger partial charge in [-0.3, -0.25) is 4.79 Å². The summed E-state index contributed by atoms with van der Waals surface area (Å²) < 4.78 is 4.75. The number of rotatable bonds is 6. The van der Waals surface area contributed by atoms with E-state index < -0.39 is 0 Å². The van der Waals surface area contributed by atoms with Gasteiger partial charge in [0.2, 0.25) is 0 Å². The van der Waals surface area contributed by atoms with Crippen molar-refractivity contribution in [1.82, 2.24) is 5.32 Å². The maximum atomic E-state index is 11.4. The van der Waals surface area contributed by atoms with Crippen molar-refractivity contribution in [3.63, 3.8) is 0 Å². The van der Waals surface area contributed by atoms with Crippen molar-refractivity contribution >= 4 is 5.97 Å². The molecule has 0 aromatic heterocycles. The number of nitrogens with one attached hydrogen (secondary N) is 1. The molecule has 0 spiro atoms. The number of hydrogen-bond acceptors (Lipinski definition) is 3. The largest absolute Gasteiger partial charge is 0.469 e. The maximum Gasteiger partial charge on any atom is 0.309 e. The fourth-order valence-corrected chi connectivity index (χ4v) is 2.28. The van der Waals surface area contributed by atoms with Crippen LogP contribution in [0.15, 0.2) is 0 Å². The Morgan fingerprint density at radius 2 is 2.06 bits per heavy atom. The lowest BCUT2D eigenvalue weighted by Crippen LogP contribution is -2.45. The van der Waals surface area contributed by atoms with Crippen LogP contribution >= 0.6 is 0 Å². The first-order valence-corrected chi connectivity index (χ1v) is 6.36. The van der Waals surface area contributed by atoms with Crippen LogP contribution in [0.2, 0.25) is 0 Å². The van der Waals surface area contributed by atoms with E-state index in [0.29, 0.717) is 5.41 Å². The fraction of sp³-hybridized carbons (Fsp3) is 0.923. The summed E-state index contributed by atoms with van der Waals surface area (Å²) in [5, 5.41) is 3.49. The van der Waals surface area contributed by atoms with E-state index in [1.54, 1.807) is 0 Å². The van der Waals surface area contributed by atoms with E-state index in [-0.39, 0.29) is 17.9 Å². The predicted octanol–water partition coefficient (Wildman–Crippen LogP) is 2.35. The van der Waals surface area contributed by atoms with Crippen molar-refractivity contribution in [3.05, 3.63) is 0 Å². The van der Waals surface area contributed by atoms with Gasteiger partial charge in [-0.2, -0.15) is 0 Å². The third-order valence-corrected chi connectivity index (χ3v) is 4.29. The molecule has 1 aliphatic rings. The zero-order chi connectivity index (χ0) is 12.2. The molecule has 0 saturated heterocycles. The van der Waals surface area contributed by atoms with E-state index in [4.69, 9.17) is 4.74 Å². The zero-order valence-electron chi connectivity index (χ0n) is 11.0. The van der Waals surface area contributed by atoms with Gasteiger partial charge in [-0.05, 0) is 31.6 Å². The van der Waals surface area contributed by atoms with E-state index in [1.807, 2.05) is 6.92 Å². The number of ether oxygens (including phenoxy) is 1. The van der Waals surface area contributed by atoms with Gasteiger partial charge in [0.05, 0.1) is 13.0 Å². The molecule has 0 amide bonds. The summed E-state index contributed by atoms with van der Waals surface area (Å²) in [5.41, 5.74) is 0.504. The van der Waals surface area contributed by atoms with E-state index in [0.717, 1.165) is 6.54 Å². The third-order valence-electron chi connectivity index (χ3n) is 4.29. The van der Waals surface area contributed by atoms with Gasteiger partial charge in [0.1, 0.15) is 0 Å². The monoisotopic (exact) mass is 227 g/mol. The molecule has 1 N–H and O–H groups in total. The Balaban J connectivity index is 2.34. The lowest BCUT2D eigenvalue weighted by atomic mass is 9.67. The predicted molar refractivity (Wildman–Crippen MR) is 65.2 cm³/mol. The van der Waals surface area contributed by atoms with Crippen LogP contribution in [0.25, 0.3) is 0 Å². The average Bonchev–Trinajstić information content (AvgIpc) is 2.25. The van der Waals surface area contributed by atoms with Crippen molar-refractivity contribution in [1.29, 1.82) is 0 Å². The standard InChI is InChI=1S/C13H25NO2/c1-5-13(7-6-8-13)9-14-11(3)10(2)12(15)16-4/h10-11,14H,5-9H2,1-4H3. The van der Waals surface area contributed by atoms with Crippen LogP contribution < -0.4 is 5.32 Å². The van der Waals surface area contributed by atoms with Gasteiger partial charge in [-0.25, -0.2) is 0 Å². The van der Waals surface area contributed by atoms with E-state index in [1.165, 1.54) is 32.8 Å². The second-order valence-corrected chi connectivity index (χ2v) is 5.19. The highest BCUT2D eigenvalue weighted by Gasteiger charge is 2.35. The van der Waals surface area contributed by atoms with Gasteiger partial charge in [0.25, 0.3) is 0 Å². The summed E-state index contributed by atoms with van der Waals surface area (Å²) in [7, 11) is 1.45. The molecular formula is C13H25NO2. The minimum atomic E-state index is -0.126. The van der Waals surface area contributed by atoms with E-state index >= 15 is 0 Å². The molecule has 3 nitrogen and oxygen atoms in total. The van der Waals surface area contributed by atoms with E-state index in [9.17, 15) is 4.79 Å². The SMILES string of the molecule is CCC1(CNC(C)C(C)C(=O)OC)CCC1. The highest BCUT2D eigenvalue weighted by molar-refractivity contribution is 5.72. The molecular weight excluding hydrogens is 202 g/mol. The molecule has 1 saturated carbocycles. The third kappa shape index (κ3) is 2.97. The highest BCUT2D eigenvalue weighted by atomic mass is 16.5. The van der Waals surface area contributed by atoms with Crippen LogP contribution in [-0.4, -0.2) is 25.7 Å². The number of methoxy groups -OCH3 is 1. The molecule has 1 fully saturated rings. The summed E-state index contributed by atoms with van der Waals surface area (Å²) in [5.74, 6) is -0.196. The fourth-order valence-electron chi connectivity index (χ4n) is 2.28. The molecule has 0 aromatic carbocycles. The Morgan fingerprint density at radius 3 is 2.44 bits per heavy atom. The number of carbonyl (C=O) groups excluding carboxylic acids is 1. The summed E-state index contributed by atoms with van der Waals surface area (Å²) in [6, 6.07) is 0.191.